The standard InChI is InChI=1S/C47H83NO7/c1-6-8-10-12-14-16-18-19-20-21-22-23-24-25-26-27-28-30-32-34-36-38-46(50)55-43(41-53-40-39-44(47(51)52)48(3,4)5)42-54-45(49)37-35-33-31-29-17-15-13-11-9-7-2/h8,10,13-16,19-20,43-44H,6-7,9,11-12,17-18,21-42H2,1-5H3/b10-8+,15-13+,16-14+,20-19+. The van der Waals surface area contributed by atoms with Crippen LogP contribution in [0.5, 0.6) is 0 Å². The van der Waals surface area contributed by atoms with Crippen LogP contribution in [-0.2, 0) is 28.6 Å². The maximum absolute atomic E-state index is 12.7. The number of esters is 2. The molecule has 0 bridgehead atoms. The number of carbonyl (C=O) groups is 3. The molecule has 0 aromatic heterocycles. The third kappa shape index (κ3) is 36.7. The van der Waals surface area contributed by atoms with Crippen LogP contribution in [0.4, 0.5) is 0 Å². The van der Waals surface area contributed by atoms with E-state index < -0.39 is 18.1 Å². The van der Waals surface area contributed by atoms with E-state index in [-0.39, 0.29) is 42.7 Å². The van der Waals surface area contributed by atoms with Gasteiger partial charge < -0.3 is 28.6 Å². The molecule has 0 aliphatic rings. The van der Waals surface area contributed by atoms with Crippen LogP contribution in [0.25, 0.3) is 0 Å². The maximum atomic E-state index is 12.7. The lowest BCUT2D eigenvalue weighted by Crippen LogP contribution is -2.55. The molecule has 0 saturated carbocycles. The summed E-state index contributed by atoms with van der Waals surface area (Å²) in [6.07, 6.45) is 44.3. The van der Waals surface area contributed by atoms with Crippen LogP contribution in [0.3, 0.4) is 0 Å². The van der Waals surface area contributed by atoms with Crippen molar-refractivity contribution in [3.63, 3.8) is 0 Å². The molecule has 2 unspecified atom stereocenters. The van der Waals surface area contributed by atoms with Crippen LogP contribution < -0.4 is 5.11 Å². The Labute approximate surface area is 337 Å². The smallest absolute Gasteiger partial charge is 0.306 e. The fraction of sp³-hybridized carbons (Fsp3) is 0.766. The number of quaternary nitrogens is 1. The van der Waals surface area contributed by atoms with Gasteiger partial charge in [0.1, 0.15) is 12.6 Å². The van der Waals surface area contributed by atoms with Gasteiger partial charge in [-0.1, -0.05) is 146 Å². The summed E-state index contributed by atoms with van der Waals surface area (Å²) < 4.78 is 17.1. The second-order valence-corrected chi connectivity index (χ2v) is 15.9. The normalized spacial score (nSPS) is 13.4. The molecule has 8 nitrogen and oxygen atoms in total. The van der Waals surface area contributed by atoms with Crippen LogP contribution in [0.1, 0.15) is 181 Å². The van der Waals surface area contributed by atoms with Gasteiger partial charge in [-0.15, -0.1) is 0 Å². The SMILES string of the molecule is CC/C=C/C/C=C/C/C=C/CCCCCCCCCCCCCC(=O)OC(COCCC(C(=O)[O-])[N+](C)(C)C)COC(=O)CCCCCC/C=C/CCCC. The van der Waals surface area contributed by atoms with Gasteiger partial charge in [-0.25, -0.2) is 0 Å². The molecule has 0 heterocycles. The molecule has 55 heavy (non-hydrogen) atoms. The lowest BCUT2D eigenvalue weighted by atomic mass is 10.0. The van der Waals surface area contributed by atoms with Crippen molar-refractivity contribution in [2.24, 2.45) is 0 Å². The summed E-state index contributed by atoms with van der Waals surface area (Å²) >= 11 is 0. The van der Waals surface area contributed by atoms with E-state index in [1.165, 1.54) is 70.6 Å². The Morgan fingerprint density at radius 3 is 1.53 bits per heavy atom. The summed E-state index contributed by atoms with van der Waals surface area (Å²) in [5.41, 5.74) is 0. The number of allylic oxidation sites excluding steroid dienone is 8. The lowest BCUT2D eigenvalue weighted by molar-refractivity contribution is -0.889. The molecule has 2 atom stereocenters. The molecule has 0 radical (unpaired) electrons. The molecule has 0 aromatic rings. The molecule has 318 valence electrons. The Balaban J connectivity index is 4.26. The highest BCUT2D eigenvalue weighted by Gasteiger charge is 2.25. The highest BCUT2D eigenvalue weighted by atomic mass is 16.6. The summed E-state index contributed by atoms with van der Waals surface area (Å²) in [4.78, 5) is 36.8. The van der Waals surface area contributed by atoms with Gasteiger partial charge in [0, 0.05) is 19.3 Å². The monoisotopic (exact) mass is 774 g/mol. The Bertz CT molecular complexity index is 1040. The quantitative estimate of drug-likeness (QED) is 0.0265. The maximum Gasteiger partial charge on any atom is 0.306 e. The van der Waals surface area contributed by atoms with E-state index in [2.05, 4.69) is 62.5 Å². The highest BCUT2D eigenvalue weighted by molar-refractivity contribution is 5.70. The summed E-state index contributed by atoms with van der Waals surface area (Å²) in [6.45, 7) is 4.49. The number of hydrogen-bond acceptors (Lipinski definition) is 7. The fourth-order valence-corrected chi connectivity index (χ4v) is 6.24. The average Bonchev–Trinajstić information content (AvgIpc) is 3.14. The van der Waals surface area contributed by atoms with Gasteiger partial charge in [0.05, 0.1) is 40.3 Å². The Morgan fingerprint density at radius 1 is 0.564 bits per heavy atom. The van der Waals surface area contributed by atoms with Gasteiger partial charge >= 0.3 is 11.9 Å². The Morgan fingerprint density at radius 2 is 1.02 bits per heavy atom. The zero-order chi connectivity index (χ0) is 40.7. The van der Waals surface area contributed by atoms with Crippen molar-refractivity contribution in [3.8, 4) is 0 Å². The number of carbonyl (C=O) groups excluding carboxylic acids is 3. The topological polar surface area (TPSA) is 102 Å². The number of ether oxygens (including phenoxy) is 3. The van der Waals surface area contributed by atoms with E-state index in [4.69, 9.17) is 14.2 Å². The third-order valence-electron chi connectivity index (χ3n) is 9.70. The molecule has 0 N–H and O–H groups in total. The van der Waals surface area contributed by atoms with E-state index in [1.54, 1.807) is 21.1 Å². The first kappa shape index (κ1) is 52.3. The zero-order valence-corrected chi connectivity index (χ0v) is 36.1. The summed E-state index contributed by atoms with van der Waals surface area (Å²) in [7, 11) is 5.40. The Hall–Kier alpha value is -2.71. The second-order valence-electron chi connectivity index (χ2n) is 15.9. The van der Waals surface area contributed by atoms with Crippen molar-refractivity contribution in [3.05, 3.63) is 48.6 Å². The van der Waals surface area contributed by atoms with Crippen molar-refractivity contribution in [1.82, 2.24) is 0 Å². The first-order chi connectivity index (χ1) is 26.6. The van der Waals surface area contributed by atoms with Crippen molar-refractivity contribution in [2.45, 2.75) is 193 Å². The van der Waals surface area contributed by atoms with Gasteiger partial charge in [-0.05, 0) is 64.2 Å². The van der Waals surface area contributed by atoms with Crippen molar-refractivity contribution in [2.75, 3.05) is 41.0 Å². The molecule has 0 aliphatic heterocycles. The van der Waals surface area contributed by atoms with Gasteiger partial charge in [0.25, 0.3) is 0 Å². The minimum absolute atomic E-state index is 0.0359. The lowest BCUT2D eigenvalue weighted by Gasteiger charge is -2.34. The number of unbranched alkanes of at least 4 members (excludes halogenated alkanes) is 17. The number of carboxylic acid groups (broad SMARTS) is 1. The summed E-state index contributed by atoms with van der Waals surface area (Å²) in [5.74, 6) is -1.76. The van der Waals surface area contributed by atoms with Crippen LogP contribution in [-0.4, -0.2) is 75.5 Å². The van der Waals surface area contributed by atoms with Crippen LogP contribution >= 0.6 is 0 Å². The van der Waals surface area contributed by atoms with Gasteiger partial charge in [0.15, 0.2) is 6.10 Å². The number of likely N-dealkylation sites (N-methyl/N-ethyl adjacent to an activating group) is 1. The molecule has 0 saturated heterocycles. The largest absolute Gasteiger partial charge is 0.544 e. The molecule has 0 spiro atoms. The summed E-state index contributed by atoms with van der Waals surface area (Å²) in [6, 6.07) is -0.727. The second kappa shape index (κ2) is 38.2. The van der Waals surface area contributed by atoms with E-state index in [9.17, 15) is 19.5 Å². The third-order valence-corrected chi connectivity index (χ3v) is 9.70. The van der Waals surface area contributed by atoms with E-state index in [0.29, 0.717) is 12.8 Å². The Kier molecular flexibility index (Phi) is 36.3. The van der Waals surface area contributed by atoms with Crippen LogP contribution in [0.2, 0.25) is 0 Å². The number of hydrogen-bond donors (Lipinski definition) is 0. The molecule has 0 aromatic carbocycles. The van der Waals surface area contributed by atoms with Crippen molar-refractivity contribution in [1.29, 1.82) is 0 Å². The van der Waals surface area contributed by atoms with Crippen LogP contribution in [0.15, 0.2) is 48.6 Å². The minimum atomic E-state index is -1.13. The van der Waals surface area contributed by atoms with Gasteiger partial charge in [-0.2, -0.15) is 0 Å². The first-order valence-electron chi connectivity index (χ1n) is 22.2. The molecule has 0 fully saturated rings. The first-order valence-corrected chi connectivity index (χ1v) is 22.2. The number of nitrogens with zero attached hydrogens (tertiary/aromatic N) is 1. The molecule has 0 rings (SSSR count). The minimum Gasteiger partial charge on any atom is -0.544 e. The number of aliphatic carboxylic acids is 1. The van der Waals surface area contributed by atoms with Gasteiger partial charge in [0.2, 0.25) is 0 Å². The van der Waals surface area contributed by atoms with Crippen LogP contribution in [0, 0.1) is 0 Å². The number of rotatable bonds is 39. The molecule has 8 heteroatoms. The predicted octanol–water partition coefficient (Wildman–Crippen LogP) is 10.7. The van der Waals surface area contributed by atoms with E-state index in [0.717, 1.165) is 77.0 Å². The highest BCUT2D eigenvalue weighted by Crippen LogP contribution is 2.14. The molecular weight excluding hydrogens is 691 g/mol. The molecule has 0 amide bonds. The van der Waals surface area contributed by atoms with Crippen molar-refractivity contribution < 1.29 is 38.2 Å². The average molecular weight is 774 g/mol. The van der Waals surface area contributed by atoms with E-state index >= 15 is 0 Å². The predicted molar refractivity (Wildman–Crippen MR) is 226 cm³/mol. The number of carboxylic acids is 1. The zero-order valence-electron chi connectivity index (χ0n) is 36.1. The van der Waals surface area contributed by atoms with Crippen molar-refractivity contribution >= 4 is 17.9 Å². The van der Waals surface area contributed by atoms with E-state index in [1.807, 2.05) is 0 Å². The molecular formula is C47H83NO7. The fourth-order valence-electron chi connectivity index (χ4n) is 6.24. The molecule has 0 aliphatic carbocycles. The van der Waals surface area contributed by atoms with Gasteiger partial charge in [-0.3, -0.25) is 9.59 Å². The summed E-state index contributed by atoms with van der Waals surface area (Å²) in [5, 5.41) is 11.6.